The summed E-state index contributed by atoms with van der Waals surface area (Å²) in [5.41, 5.74) is 5.20. The summed E-state index contributed by atoms with van der Waals surface area (Å²) in [6.07, 6.45) is 4.56. The average Bonchev–Trinajstić information content (AvgIpc) is 3.24. The quantitative estimate of drug-likeness (QED) is 0.600. The van der Waals surface area contributed by atoms with Crippen LogP contribution in [-0.4, -0.2) is 15.5 Å². The Labute approximate surface area is 176 Å². The first-order valence-electron chi connectivity index (χ1n) is 8.61. The van der Waals surface area contributed by atoms with Crippen LogP contribution in [-0.2, 0) is 10.0 Å². The lowest BCUT2D eigenvalue weighted by atomic mass is 9.97. The molecule has 0 aliphatic heterocycles. The van der Waals surface area contributed by atoms with E-state index in [1.54, 1.807) is 19.2 Å². The van der Waals surface area contributed by atoms with Gasteiger partial charge in [0.25, 0.3) is 0 Å². The van der Waals surface area contributed by atoms with Gasteiger partial charge in [0.05, 0.1) is 21.0 Å². The fraction of sp³-hybridized carbons (Fsp3) is 0.300. The van der Waals surface area contributed by atoms with Crippen LogP contribution in [0.1, 0.15) is 36.8 Å². The third-order valence-corrected chi connectivity index (χ3v) is 7.61. The van der Waals surface area contributed by atoms with E-state index >= 15 is 0 Å². The van der Waals surface area contributed by atoms with E-state index in [2.05, 4.69) is 44.0 Å². The predicted octanol–water partition coefficient (Wildman–Crippen LogP) is 5.35. The number of primary sulfonamides is 1. The van der Waals surface area contributed by atoms with Gasteiger partial charge in [-0.15, -0.1) is 0 Å². The molecule has 0 atom stereocenters. The Morgan fingerprint density at radius 3 is 1.93 bits per heavy atom. The normalized spacial score (nSPS) is 18.2. The number of hydrogen-bond donors (Lipinski definition) is 1. The average molecular weight is 513 g/mol. The van der Waals surface area contributed by atoms with Crippen molar-refractivity contribution >= 4 is 53.0 Å². The highest BCUT2D eigenvalue weighted by Crippen LogP contribution is 2.63. The number of rotatable bonds is 4. The molecule has 0 radical (unpaired) electrons. The van der Waals surface area contributed by atoms with Crippen LogP contribution in [0.5, 0.6) is 5.75 Å². The number of nitrogens with two attached hydrogens (primary N) is 1. The molecule has 2 aliphatic rings. The summed E-state index contributed by atoms with van der Waals surface area (Å²) in [6, 6.07) is 11.1. The van der Waals surface area contributed by atoms with Gasteiger partial charge >= 0.3 is 0 Å². The van der Waals surface area contributed by atoms with Gasteiger partial charge in [-0.2, -0.15) is 0 Å². The lowest BCUT2D eigenvalue weighted by molar-refractivity contribution is 0.409. The van der Waals surface area contributed by atoms with E-state index in [0.29, 0.717) is 5.41 Å². The number of allylic oxidation sites excluding steroid dienone is 2. The van der Waals surface area contributed by atoms with Crippen LogP contribution >= 0.6 is 31.9 Å². The van der Waals surface area contributed by atoms with Crippen molar-refractivity contribution in [3.8, 4) is 5.75 Å². The Bertz CT molecular complexity index is 1030. The summed E-state index contributed by atoms with van der Waals surface area (Å²) < 4.78 is 30.3. The lowest BCUT2D eigenvalue weighted by Gasteiger charge is -2.13. The van der Waals surface area contributed by atoms with Gasteiger partial charge in [-0.3, -0.25) is 0 Å². The predicted molar refractivity (Wildman–Crippen MR) is 114 cm³/mol. The number of sulfonamides is 1. The minimum atomic E-state index is -3.68. The Balaban J connectivity index is 1.81. The SMILES string of the molecule is COc1c(Br)cc(C2=C(c3ccc(S(N)(=O)=O)cc3)CC3(CC3)C2)cc1Br. The molecule has 4 nitrogen and oxygen atoms in total. The molecule has 1 saturated carbocycles. The molecule has 0 unspecified atom stereocenters. The third kappa shape index (κ3) is 3.62. The molecule has 142 valence electrons. The zero-order chi connectivity index (χ0) is 19.4. The molecule has 0 heterocycles. The van der Waals surface area contributed by atoms with Crippen LogP contribution in [0.15, 0.2) is 50.2 Å². The monoisotopic (exact) mass is 511 g/mol. The van der Waals surface area contributed by atoms with Crippen LogP contribution in [0.3, 0.4) is 0 Å². The third-order valence-electron chi connectivity index (χ3n) is 5.51. The van der Waals surface area contributed by atoms with Gasteiger partial charge in [0.1, 0.15) is 5.75 Å². The summed E-state index contributed by atoms with van der Waals surface area (Å²) in [7, 11) is -2.03. The van der Waals surface area contributed by atoms with Gasteiger partial charge in [0.15, 0.2) is 0 Å². The minimum Gasteiger partial charge on any atom is -0.494 e. The van der Waals surface area contributed by atoms with E-state index in [-0.39, 0.29) is 4.90 Å². The van der Waals surface area contributed by atoms with Gasteiger partial charge in [0, 0.05) is 0 Å². The maximum Gasteiger partial charge on any atom is 0.238 e. The Kier molecular flexibility index (Phi) is 4.78. The van der Waals surface area contributed by atoms with E-state index < -0.39 is 10.0 Å². The molecule has 1 fully saturated rings. The summed E-state index contributed by atoms with van der Waals surface area (Å²) >= 11 is 7.20. The second kappa shape index (κ2) is 6.72. The smallest absolute Gasteiger partial charge is 0.238 e. The van der Waals surface area contributed by atoms with Crippen LogP contribution in [0, 0.1) is 5.41 Å². The molecule has 0 amide bonds. The van der Waals surface area contributed by atoms with E-state index in [9.17, 15) is 8.42 Å². The van der Waals surface area contributed by atoms with Crippen molar-refractivity contribution in [2.24, 2.45) is 10.6 Å². The summed E-state index contributed by atoms with van der Waals surface area (Å²) in [5, 5.41) is 5.23. The molecule has 4 rings (SSSR count). The highest BCUT2D eigenvalue weighted by atomic mass is 79.9. The molecular weight excluding hydrogens is 494 g/mol. The maximum absolute atomic E-state index is 11.5. The second-order valence-corrected chi connectivity index (χ2v) is 10.6. The van der Waals surface area contributed by atoms with Crippen LogP contribution in [0.4, 0.5) is 0 Å². The van der Waals surface area contributed by atoms with Gasteiger partial charge in [0.2, 0.25) is 10.0 Å². The van der Waals surface area contributed by atoms with Crippen molar-refractivity contribution < 1.29 is 13.2 Å². The summed E-state index contributed by atoms with van der Waals surface area (Å²) in [5.74, 6) is 0.775. The molecule has 0 aromatic heterocycles. The van der Waals surface area contributed by atoms with E-state index in [1.165, 1.54) is 24.0 Å². The van der Waals surface area contributed by atoms with Gasteiger partial charge in [-0.25, -0.2) is 13.6 Å². The number of halogens is 2. The largest absolute Gasteiger partial charge is 0.494 e. The van der Waals surface area contributed by atoms with E-state index in [1.807, 2.05) is 12.1 Å². The molecule has 2 aromatic carbocycles. The zero-order valence-corrected chi connectivity index (χ0v) is 18.7. The van der Waals surface area contributed by atoms with Gasteiger partial charge < -0.3 is 4.74 Å². The molecule has 1 spiro atoms. The Hall–Kier alpha value is -1.15. The van der Waals surface area contributed by atoms with Crippen molar-refractivity contribution in [2.45, 2.75) is 30.6 Å². The maximum atomic E-state index is 11.5. The first kappa shape index (κ1) is 19.2. The molecule has 2 aliphatic carbocycles. The molecule has 0 bridgehead atoms. The van der Waals surface area contributed by atoms with Crippen LogP contribution in [0.25, 0.3) is 11.1 Å². The van der Waals surface area contributed by atoms with Gasteiger partial charge in [-0.05, 0) is 109 Å². The summed E-state index contributed by atoms with van der Waals surface area (Å²) in [4.78, 5) is 0.141. The summed E-state index contributed by atoms with van der Waals surface area (Å²) in [6.45, 7) is 0. The van der Waals surface area contributed by atoms with Gasteiger partial charge in [-0.1, -0.05) is 12.1 Å². The van der Waals surface area contributed by atoms with Crippen molar-refractivity contribution in [1.82, 2.24) is 0 Å². The molecule has 2 aromatic rings. The number of methoxy groups -OCH3 is 1. The lowest BCUT2D eigenvalue weighted by Crippen LogP contribution is -2.11. The van der Waals surface area contributed by atoms with Crippen molar-refractivity contribution in [3.05, 3.63) is 56.5 Å². The standard InChI is InChI=1S/C20H19Br2NO3S/c1-26-19-17(21)8-13(9-18(19)22)16-11-20(6-7-20)10-15(16)12-2-4-14(5-3-12)27(23,24)25/h2-5,8-9H,6-7,10-11H2,1H3,(H2,23,24,25). The molecule has 27 heavy (non-hydrogen) atoms. The zero-order valence-electron chi connectivity index (χ0n) is 14.8. The Morgan fingerprint density at radius 1 is 0.963 bits per heavy atom. The van der Waals surface area contributed by atoms with Crippen LogP contribution in [0.2, 0.25) is 0 Å². The number of ether oxygens (including phenoxy) is 1. The van der Waals surface area contributed by atoms with Crippen molar-refractivity contribution in [2.75, 3.05) is 7.11 Å². The highest BCUT2D eigenvalue weighted by molar-refractivity contribution is 9.11. The topological polar surface area (TPSA) is 69.4 Å². The van der Waals surface area contributed by atoms with Crippen molar-refractivity contribution in [3.63, 3.8) is 0 Å². The van der Waals surface area contributed by atoms with Crippen LogP contribution < -0.4 is 9.88 Å². The Morgan fingerprint density at radius 2 is 1.48 bits per heavy atom. The number of hydrogen-bond acceptors (Lipinski definition) is 3. The minimum absolute atomic E-state index is 0.141. The molecule has 0 saturated heterocycles. The first-order valence-corrected chi connectivity index (χ1v) is 11.7. The number of benzene rings is 2. The van der Waals surface area contributed by atoms with E-state index in [4.69, 9.17) is 9.88 Å². The molecule has 7 heteroatoms. The molecular formula is C20H19Br2NO3S. The van der Waals surface area contributed by atoms with E-state index in [0.717, 1.165) is 38.7 Å². The first-order chi connectivity index (χ1) is 12.7. The van der Waals surface area contributed by atoms with Crippen molar-refractivity contribution in [1.29, 1.82) is 0 Å². The second-order valence-electron chi connectivity index (χ2n) is 7.35. The molecule has 2 N–H and O–H groups in total. The fourth-order valence-electron chi connectivity index (χ4n) is 3.88. The fourth-order valence-corrected chi connectivity index (χ4v) is 5.91. The highest BCUT2D eigenvalue weighted by Gasteiger charge is 2.48.